The Balaban J connectivity index is 1.81. The van der Waals surface area contributed by atoms with Gasteiger partial charge in [0.2, 0.25) is 11.8 Å². The maximum atomic E-state index is 11.5. The quantitative estimate of drug-likeness (QED) is 0.673. The van der Waals surface area contributed by atoms with Gasteiger partial charge in [-0.1, -0.05) is 0 Å². The first-order valence-electron chi connectivity index (χ1n) is 5.10. The number of nitrogen functional groups attached to an aromatic ring is 1. The largest absolute Gasteiger partial charge is 0.366 e. The Kier molecular flexibility index (Phi) is 3.29. The predicted octanol–water partition coefficient (Wildman–Crippen LogP) is -0.246. The topological polar surface area (TPSA) is 110 Å². The van der Waals surface area contributed by atoms with Gasteiger partial charge >= 0.3 is 0 Å². The van der Waals surface area contributed by atoms with Crippen molar-refractivity contribution in [1.29, 1.82) is 0 Å². The van der Waals surface area contributed by atoms with Crippen LogP contribution in [0.25, 0.3) is 0 Å². The number of H-pyrrole nitrogens is 1. The van der Waals surface area contributed by atoms with Gasteiger partial charge in [-0.25, -0.2) is 0 Å². The molecule has 0 aromatic carbocycles. The lowest BCUT2D eigenvalue weighted by Gasteiger charge is -2.02. The lowest BCUT2D eigenvalue weighted by Crippen LogP contribution is -2.26. The zero-order valence-corrected chi connectivity index (χ0v) is 9.05. The van der Waals surface area contributed by atoms with Gasteiger partial charge in [-0.3, -0.25) is 14.9 Å². The summed E-state index contributed by atoms with van der Waals surface area (Å²) < 4.78 is 0. The van der Waals surface area contributed by atoms with Crippen LogP contribution in [-0.4, -0.2) is 32.6 Å². The second-order valence-electron chi connectivity index (χ2n) is 3.40. The van der Waals surface area contributed by atoms with E-state index in [0.29, 0.717) is 6.54 Å². The number of hydrogen-bond donors (Lipinski definition) is 3. The van der Waals surface area contributed by atoms with Crippen LogP contribution in [0, 0.1) is 0 Å². The average molecular weight is 232 g/mol. The fourth-order valence-corrected chi connectivity index (χ4v) is 1.33. The molecule has 0 saturated carbocycles. The number of anilines is 1. The molecule has 0 atom stereocenters. The fraction of sp³-hybridized carbons (Fsp3) is 0.200. The van der Waals surface area contributed by atoms with Gasteiger partial charge in [-0.15, -0.1) is 5.10 Å². The molecule has 88 valence electrons. The van der Waals surface area contributed by atoms with Crippen molar-refractivity contribution in [1.82, 2.24) is 25.5 Å². The third-order valence-corrected chi connectivity index (χ3v) is 2.17. The van der Waals surface area contributed by atoms with Crippen LogP contribution in [0.2, 0.25) is 0 Å². The Bertz CT molecular complexity index is 495. The standard InChI is InChI=1S/C10H12N6O/c11-10-14-8(15-16-10)9(17)13-6-3-7-1-4-12-5-2-7/h1-2,4-5H,3,6H2,(H,13,17)(H3,11,14,15,16). The second-order valence-corrected chi connectivity index (χ2v) is 3.40. The third-order valence-electron chi connectivity index (χ3n) is 2.17. The molecule has 0 spiro atoms. The minimum atomic E-state index is -0.316. The highest BCUT2D eigenvalue weighted by Gasteiger charge is 2.09. The lowest BCUT2D eigenvalue weighted by atomic mass is 10.2. The van der Waals surface area contributed by atoms with Gasteiger partial charge < -0.3 is 11.1 Å². The number of aromatic amines is 1. The van der Waals surface area contributed by atoms with Crippen molar-refractivity contribution in [3.63, 3.8) is 0 Å². The first-order chi connectivity index (χ1) is 8.25. The number of carbonyl (C=O) groups excluding carboxylic acids is 1. The number of nitrogens with two attached hydrogens (primary N) is 1. The summed E-state index contributed by atoms with van der Waals surface area (Å²) in [6, 6.07) is 3.80. The normalized spacial score (nSPS) is 10.1. The van der Waals surface area contributed by atoms with E-state index in [1.807, 2.05) is 12.1 Å². The highest BCUT2D eigenvalue weighted by Crippen LogP contribution is 1.97. The van der Waals surface area contributed by atoms with Gasteiger partial charge in [0.25, 0.3) is 5.91 Å². The van der Waals surface area contributed by atoms with E-state index in [9.17, 15) is 4.79 Å². The molecule has 4 N–H and O–H groups in total. The van der Waals surface area contributed by atoms with Crippen molar-refractivity contribution in [2.75, 3.05) is 12.3 Å². The maximum absolute atomic E-state index is 11.5. The Morgan fingerprint density at radius 2 is 2.18 bits per heavy atom. The third kappa shape index (κ3) is 3.00. The smallest absolute Gasteiger partial charge is 0.288 e. The van der Waals surface area contributed by atoms with E-state index in [-0.39, 0.29) is 17.7 Å². The van der Waals surface area contributed by atoms with Crippen LogP contribution < -0.4 is 11.1 Å². The first-order valence-corrected chi connectivity index (χ1v) is 5.10. The van der Waals surface area contributed by atoms with Gasteiger partial charge in [0.1, 0.15) is 0 Å². The number of rotatable bonds is 4. The predicted molar refractivity (Wildman–Crippen MR) is 61.1 cm³/mol. The molecule has 7 heteroatoms. The van der Waals surface area contributed by atoms with Crippen molar-refractivity contribution in [2.24, 2.45) is 0 Å². The molecule has 0 bridgehead atoms. The van der Waals surface area contributed by atoms with E-state index in [0.717, 1.165) is 12.0 Å². The molecule has 7 nitrogen and oxygen atoms in total. The highest BCUT2D eigenvalue weighted by molar-refractivity contribution is 5.90. The number of aromatic nitrogens is 4. The van der Waals surface area contributed by atoms with E-state index in [2.05, 4.69) is 25.5 Å². The van der Waals surface area contributed by atoms with Crippen molar-refractivity contribution in [2.45, 2.75) is 6.42 Å². The lowest BCUT2D eigenvalue weighted by molar-refractivity contribution is 0.0944. The van der Waals surface area contributed by atoms with Gasteiger partial charge in [0, 0.05) is 18.9 Å². The second kappa shape index (κ2) is 5.06. The zero-order chi connectivity index (χ0) is 12.1. The summed E-state index contributed by atoms with van der Waals surface area (Å²) in [6.45, 7) is 0.517. The van der Waals surface area contributed by atoms with Crippen molar-refractivity contribution in [3.8, 4) is 0 Å². The van der Waals surface area contributed by atoms with E-state index in [4.69, 9.17) is 5.73 Å². The summed E-state index contributed by atoms with van der Waals surface area (Å²) in [6.07, 6.45) is 4.17. The Morgan fingerprint density at radius 3 is 2.82 bits per heavy atom. The van der Waals surface area contributed by atoms with Gasteiger partial charge in [0.15, 0.2) is 0 Å². The summed E-state index contributed by atoms with van der Waals surface area (Å²) in [5.74, 6) is -0.134. The number of pyridine rings is 1. The molecule has 0 saturated heterocycles. The minimum Gasteiger partial charge on any atom is -0.366 e. The van der Waals surface area contributed by atoms with Crippen LogP contribution in [-0.2, 0) is 6.42 Å². The van der Waals surface area contributed by atoms with Crippen LogP contribution in [0.4, 0.5) is 5.95 Å². The molecule has 0 radical (unpaired) electrons. The molecular weight excluding hydrogens is 220 g/mol. The molecule has 0 aliphatic heterocycles. The van der Waals surface area contributed by atoms with Crippen LogP contribution in [0.5, 0.6) is 0 Å². The Morgan fingerprint density at radius 1 is 1.41 bits per heavy atom. The summed E-state index contributed by atoms with van der Waals surface area (Å²) in [5.41, 5.74) is 6.40. The number of hydrogen-bond acceptors (Lipinski definition) is 5. The van der Waals surface area contributed by atoms with E-state index in [1.54, 1.807) is 12.4 Å². The van der Waals surface area contributed by atoms with Crippen LogP contribution >= 0.6 is 0 Å². The number of nitrogens with zero attached hydrogens (tertiary/aromatic N) is 3. The fourth-order valence-electron chi connectivity index (χ4n) is 1.33. The van der Waals surface area contributed by atoms with Crippen LogP contribution in [0.1, 0.15) is 16.2 Å². The van der Waals surface area contributed by atoms with Gasteiger partial charge in [0.05, 0.1) is 0 Å². The molecule has 2 heterocycles. The SMILES string of the molecule is Nc1n[nH]c(C(=O)NCCc2ccncc2)n1. The molecule has 0 fully saturated rings. The molecular formula is C10H12N6O. The summed E-state index contributed by atoms with van der Waals surface area (Å²) >= 11 is 0. The number of carbonyl (C=O) groups is 1. The molecule has 0 aliphatic rings. The Hall–Kier alpha value is -2.44. The summed E-state index contributed by atoms with van der Waals surface area (Å²) in [7, 11) is 0. The summed E-state index contributed by atoms with van der Waals surface area (Å²) in [5, 5.41) is 8.73. The molecule has 2 aromatic heterocycles. The Labute approximate surface area is 97.5 Å². The minimum absolute atomic E-state index is 0.0595. The molecule has 2 aromatic rings. The molecule has 0 unspecified atom stereocenters. The number of amides is 1. The highest BCUT2D eigenvalue weighted by atomic mass is 16.2. The number of nitrogens with one attached hydrogen (secondary N) is 2. The van der Waals surface area contributed by atoms with Crippen LogP contribution in [0.3, 0.4) is 0 Å². The monoisotopic (exact) mass is 232 g/mol. The molecule has 1 amide bonds. The van der Waals surface area contributed by atoms with Gasteiger partial charge in [-0.05, 0) is 24.1 Å². The average Bonchev–Trinajstić information content (AvgIpc) is 2.77. The first kappa shape index (κ1) is 11.1. The maximum Gasteiger partial charge on any atom is 0.288 e. The molecule has 0 aliphatic carbocycles. The van der Waals surface area contributed by atoms with Gasteiger partial charge in [-0.2, -0.15) is 4.98 Å². The van der Waals surface area contributed by atoms with E-state index < -0.39 is 0 Å². The molecule has 2 rings (SSSR count). The summed E-state index contributed by atoms with van der Waals surface area (Å²) in [4.78, 5) is 19.2. The van der Waals surface area contributed by atoms with Crippen molar-refractivity contribution < 1.29 is 4.79 Å². The van der Waals surface area contributed by atoms with E-state index >= 15 is 0 Å². The van der Waals surface area contributed by atoms with E-state index in [1.165, 1.54) is 0 Å². The molecule has 17 heavy (non-hydrogen) atoms. The zero-order valence-electron chi connectivity index (χ0n) is 9.05. The van der Waals surface area contributed by atoms with Crippen molar-refractivity contribution in [3.05, 3.63) is 35.9 Å². The van der Waals surface area contributed by atoms with Crippen molar-refractivity contribution >= 4 is 11.9 Å². The van der Waals surface area contributed by atoms with Crippen LogP contribution in [0.15, 0.2) is 24.5 Å².